The number of piperidine rings is 1. The molecule has 1 fully saturated rings. The van der Waals surface area contributed by atoms with Crippen molar-refractivity contribution in [2.45, 2.75) is 25.9 Å². The maximum absolute atomic E-state index is 10.7. The van der Waals surface area contributed by atoms with Crippen LogP contribution in [0.5, 0.6) is 0 Å². The van der Waals surface area contributed by atoms with Gasteiger partial charge in [0.15, 0.2) is 5.96 Å². The molecule has 1 saturated heterocycles. The summed E-state index contributed by atoms with van der Waals surface area (Å²) in [5, 5.41) is 14.1. The highest BCUT2D eigenvalue weighted by Gasteiger charge is 2.28. The van der Waals surface area contributed by atoms with E-state index in [1.54, 1.807) is 19.2 Å². The minimum absolute atomic E-state index is 0. The van der Waals surface area contributed by atoms with Crippen molar-refractivity contribution in [2.24, 2.45) is 10.9 Å². The van der Waals surface area contributed by atoms with Gasteiger partial charge in [0.1, 0.15) is 0 Å². The zero-order valence-electron chi connectivity index (χ0n) is 15.5. The first-order valence-corrected chi connectivity index (χ1v) is 8.75. The third kappa shape index (κ3) is 5.18. The molecule has 27 heavy (non-hydrogen) atoms. The zero-order chi connectivity index (χ0) is 18.5. The van der Waals surface area contributed by atoms with Gasteiger partial charge in [-0.1, -0.05) is 19.1 Å². The van der Waals surface area contributed by atoms with E-state index in [0.717, 1.165) is 31.0 Å². The van der Waals surface area contributed by atoms with E-state index in [0.29, 0.717) is 18.5 Å². The number of imidazole rings is 1. The van der Waals surface area contributed by atoms with Crippen molar-refractivity contribution in [3.05, 3.63) is 58.7 Å². The highest BCUT2D eigenvalue weighted by atomic mass is 127. The molecule has 0 bridgehead atoms. The monoisotopic (exact) mass is 484 g/mol. The number of nitrogens with one attached hydrogen (secondary N) is 1. The number of halogens is 1. The number of aromatic nitrogens is 2. The van der Waals surface area contributed by atoms with Crippen LogP contribution in [0.1, 0.15) is 24.9 Å². The van der Waals surface area contributed by atoms with Gasteiger partial charge in [-0.05, 0) is 17.9 Å². The molecule has 1 aromatic carbocycles. The van der Waals surface area contributed by atoms with Crippen molar-refractivity contribution in [1.82, 2.24) is 19.8 Å². The van der Waals surface area contributed by atoms with E-state index in [1.165, 1.54) is 12.1 Å². The SMILES string of the molecule is CN=C(NCc1ccc([N+](=O)[O-])cc1)N1CCC(C)C(n2ccnc2)C1.I. The summed E-state index contributed by atoms with van der Waals surface area (Å²) in [5.74, 6) is 1.42. The van der Waals surface area contributed by atoms with Crippen LogP contribution >= 0.6 is 24.0 Å². The van der Waals surface area contributed by atoms with Crippen molar-refractivity contribution >= 4 is 35.6 Å². The summed E-state index contributed by atoms with van der Waals surface area (Å²) in [4.78, 5) is 21.2. The Balaban J connectivity index is 0.00000261. The van der Waals surface area contributed by atoms with E-state index in [9.17, 15) is 10.1 Å². The van der Waals surface area contributed by atoms with Crippen molar-refractivity contribution < 1.29 is 4.92 Å². The Labute approximate surface area is 175 Å². The lowest BCUT2D eigenvalue weighted by molar-refractivity contribution is -0.384. The Morgan fingerprint density at radius 3 is 2.74 bits per heavy atom. The van der Waals surface area contributed by atoms with Crippen molar-refractivity contribution in [1.29, 1.82) is 0 Å². The Kier molecular flexibility index (Phi) is 7.57. The second-order valence-electron chi connectivity index (χ2n) is 6.61. The van der Waals surface area contributed by atoms with Crippen LogP contribution in [0.2, 0.25) is 0 Å². The number of rotatable bonds is 4. The first-order valence-electron chi connectivity index (χ1n) is 8.75. The van der Waals surface area contributed by atoms with E-state index < -0.39 is 0 Å². The first-order chi connectivity index (χ1) is 12.6. The summed E-state index contributed by atoms with van der Waals surface area (Å²) in [6.07, 6.45) is 6.78. The maximum Gasteiger partial charge on any atom is 0.269 e. The third-order valence-electron chi connectivity index (χ3n) is 4.94. The van der Waals surface area contributed by atoms with Crippen LogP contribution in [0.15, 0.2) is 48.0 Å². The van der Waals surface area contributed by atoms with Gasteiger partial charge in [0.05, 0.1) is 17.3 Å². The van der Waals surface area contributed by atoms with Gasteiger partial charge in [-0.3, -0.25) is 15.1 Å². The second-order valence-corrected chi connectivity index (χ2v) is 6.61. The molecule has 2 atom stereocenters. The summed E-state index contributed by atoms with van der Waals surface area (Å²) in [6.45, 7) is 4.67. The molecular weight excluding hydrogens is 459 g/mol. The average molecular weight is 484 g/mol. The number of hydrogen-bond donors (Lipinski definition) is 1. The number of non-ortho nitro benzene ring substituents is 1. The minimum atomic E-state index is -0.388. The molecule has 8 nitrogen and oxygen atoms in total. The lowest BCUT2D eigenvalue weighted by Gasteiger charge is -2.39. The summed E-state index contributed by atoms with van der Waals surface area (Å²) < 4.78 is 2.17. The maximum atomic E-state index is 10.7. The lowest BCUT2D eigenvalue weighted by atomic mass is 9.93. The predicted octanol–water partition coefficient (Wildman–Crippen LogP) is 3.07. The van der Waals surface area contributed by atoms with E-state index >= 15 is 0 Å². The minimum Gasteiger partial charge on any atom is -0.352 e. The molecule has 2 aromatic rings. The second kappa shape index (κ2) is 9.67. The fourth-order valence-electron chi connectivity index (χ4n) is 3.34. The lowest BCUT2D eigenvalue weighted by Crippen LogP contribution is -2.48. The molecule has 1 N–H and O–H groups in total. The van der Waals surface area contributed by atoms with Crippen LogP contribution < -0.4 is 5.32 Å². The number of nitrogens with zero attached hydrogens (tertiary/aromatic N) is 5. The van der Waals surface area contributed by atoms with Crippen molar-refractivity contribution in [3.63, 3.8) is 0 Å². The average Bonchev–Trinajstić information content (AvgIpc) is 3.18. The number of likely N-dealkylation sites (tertiary alicyclic amines) is 1. The molecule has 1 aliphatic rings. The molecule has 2 unspecified atom stereocenters. The molecule has 1 aromatic heterocycles. The fraction of sp³-hybridized carbons (Fsp3) is 0.444. The quantitative estimate of drug-likeness (QED) is 0.237. The molecule has 0 saturated carbocycles. The van der Waals surface area contributed by atoms with Crippen LogP contribution in [0.4, 0.5) is 5.69 Å². The molecule has 0 amide bonds. The normalized spacial score (nSPS) is 20.1. The topological polar surface area (TPSA) is 88.6 Å². The molecule has 1 aliphatic heterocycles. The smallest absolute Gasteiger partial charge is 0.269 e. The van der Waals surface area contributed by atoms with E-state index in [1.807, 2.05) is 18.7 Å². The number of aliphatic imine (C=N–C) groups is 1. The van der Waals surface area contributed by atoms with Gasteiger partial charge >= 0.3 is 0 Å². The molecule has 146 valence electrons. The molecule has 0 radical (unpaired) electrons. The van der Waals surface area contributed by atoms with E-state index in [2.05, 4.69) is 31.7 Å². The summed E-state index contributed by atoms with van der Waals surface area (Å²) >= 11 is 0. The van der Waals surface area contributed by atoms with Gasteiger partial charge in [0.2, 0.25) is 0 Å². The van der Waals surface area contributed by atoms with Gasteiger partial charge in [-0.15, -0.1) is 24.0 Å². The standard InChI is InChI=1S/C18H24N6O2.HI/c1-14-7-9-22(12-17(14)23-10-8-20-13-23)18(19-2)21-11-15-3-5-16(6-4-15)24(25)26;/h3-6,8,10,13-14,17H,7,9,11-12H2,1-2H3,(H,19,21);1H. The van der Waals surface area contributed by atoms with Gasteiger partial charge < -0.3 is 14.8 Å². The molecule has 0 aliphatic carbocycles. The van der Waals surface area contributed by atoms with Crippen LogP contribution in [0.25, 0.3) is 0 Å². The highest BCUT2D eigenvalue weighted by Crippen LogP contribution is 2.27. The third-order valence-corrected chi connectivity index (χ3v) is 4.94. The largest absolute Gasteiger partial charge is 0.352 e. The molecule has 2 heterocycles. The predicted molar refractivity (Wildman–Crippen MR) is 115 cm³/mol. The van der Waals surface area contributed by atoms with Gasteiger partial charge in [-0.25, -0.2) is 4.98 Å². The van der Waals surface area contributed by atoms with Crippen LogP contribution in [-0.2, 0) is 6.54 Å². The molecule has 3 rings (SSSR count). The van der Waals surface area contributed by atoms with E-state index in [-0.39, 0.29) is 34.6 Å². The Hall–Kier alpha value is -2.17. The number of benzene rings is 1. The van der Waals surface area contributed by atoms with Crippen molar-refractivity contribution in [2.75, 3.05) is 20.1 Å². The molecule has 0 spiro atoms. The van der Waals surface area contributed by atoms with Gasteiger partial charge in [0, 0.05) is 51.2 Å². The highest BCUT2D eigenvalue weighted by molar-refractivity contribution is 14.0. The number of guanidine groups is 1. The number of nitro groups is 1. The summed E-state index contributed by atoms with van der Waals surface area (Å²) in [5.41, 5.74) is 1.08. The zero-order valence-corrected chi connectivity index (χ0v) is 17.8. The van der Waals surface area contributed by atoms with Gasteiger partial charge in [-0.2, -0.15) is 0 Å². The Bertz CT molecular complexity index is 763. The number of nitro benzene ring substituents is 1. The van der Waals surface area contributed by atoms with E-state index in [4.69, 9.17) is 0 Å². The van der Waals surface area contributed by atoms with Crippen molar-refractivity contribution in [3.8, 4) is 0 Å². The van der Waals surface area contributed by atoms with Crippen LogP contribution in [0.3, 0.4) is 0 Å². The summed E-state index contributed by atoms with van der Waals surface area (Å²) in [7, 11) is 1.78. The summed E-state index contributed by atoms with van der Waals surface area (Å²) in [6, 6.07) is 6.95. The number of hydrogen-bond acceptors (Lipinski definition) is 4. The van der Waals surface area contributed by atoms with Crippen LogP contribution in [0, 0.1) is 16.0 Å². The fourth-order valence-corrected chi connectivity index (χ4v) is 3.34. The molecular formula is C18H25IN6O2. The van der Waals surface area contributed by atoms with Gasteiger partial charge in [0.25, 0.3) is 5.69 Å². The first kappa shape index (κ1) is 21.1. The van der Waals surface area contributed by atoms with Crippen LogP contribution in [-0.4, -0.2) is 45.5 Å². The molecule has 9 heteroatoms. The Morgan fingerprint density at radius 1 is 1.41 bits per heavy atom. The Morgan fingerprint density at radius 2 is 2.15 bits per heavy atom.